The number of nitrogens with zero attached hydrogens (tertiary/aromatic N) is 3. The smallest absolute Gasteiger partial charge is 0.260 e. The minimum atomic E-state index is -0.0392. The maximum atomic E-state index is 12.3. The van der Waals surface area contributed by atoms with Crippen molar-refractivity contribution in [3.63, 3.8) is 0 Å². The molecule has 5 nitrogen and oxygen atoms in total. The Morgan fingerprint density at radius 2 is 2.09 bits per heavy atom. The van der Waals surface area contributed by atoms with Gasteiger partial charge in [-0.3, -0.25) is 4.79 Å². The molecule has 1 saturated heterocycles. The van der Waals surface area contributed by atoms with E-state index < -0.39 is 0 Å². The molecule has 0 saturated carbocycles. The summed E-state index contributed by atoms with van der Waals surface area (Å²) in [6.45, 7) is 5.28. The first-order chi connectivity index (χ1) is 10.7. The van der Waals surface area contributed by atoms with Crippen molar-refractivity contribution in [1.82, 2.24) is 9.80 Å². The molecule has 1 aliphatic heterocycles. The van der Waals surface area contributed by atoms with E-state index in [4.69, 9.17) is 10.00 Å². The Hall–Kier alpha value is -2.06. The van der Waals surface area contributed by atoms with Gasteiger partial charge in [-0.1, -0.05) is 19.1 Å². The van der Waals surface area contributed by atoms with E-state index >= 15 is 0 Å². The van der Waals surface area contributed by atoms with Crippen molar-refractivity contribution in [2.75, 3.05) is 33.3 Å². The largest absolute Gasteiger partial charge is 0.482 e. The molecule has 2 rings (SSSR count). The molecule has 0 aromatic heterocycles. The van der Waals surface area contributed by atoms with Gasteiger partial charge >= 0.3 is 0 Å². The van der Waals surface area contributed by atoms with Crippen LogP contribution < -0.4 is 4.74 Å². The summed E-state index contributed by atoms with van der Waals surface area (Å²) in [4.78, 5) is 16.5. The molecule has 118 valence electrons. The Balaban J connectivity index is 1.86. The molecule has 0 radical (unpaired) electrons. The average Bonchev–Trinajstić information content (AvgIpc) is 2.59. The van der Waals surface area contributed by atoms with Crippen LogP contribution in [0.3, 0.4) is 0 Å². The van der Waals surface area contributed by atoms with Crippen molar-refractivity contribution in [3.8, 4) is 11.8 Å². The molecule has 1 amide bonds. The quantitative estimate of drug-likeness (QED) is 0.833. The first kappa shape index (κ1) is 16.3. The van der Waals surface area contributed by atoms with Crippen molar-refractivity contribution in [1.29, 1.82) is 5.26 Å². The van der Waals surface area contributed by atoms with Crippen molar-refractivity contribution in [3.05, 3.63) is 29.8 Å². The van der Waals surface area contributed by atoms with Crippen LogP contribution in [0.1, 0.15) is 25.3 Å². The van der Waals surface area contributed by atoms with Crippen LogP contribution in [-0.2, 0) is 4.79 Å². The van der Waals surface area contributed by atoms with Crippen molar-refractivity contribution < 1.29 is 9.53 Å². The molecule has 22 heavy (non-hydrogen) atoms. The van der Waals surface area contributed by atoms with E-state index in [1.165, 1.54) is 0 Å². The Bertz CT molecular complexity index is 545. The van der Waals surface area contributed by atoms with Gasteiger partial charge in [-0.25, -0.2) is 0 Å². The number of piperidine rings is 1. The number of ether oxygens (including phenoxy) is 1. The van der Waals surface area contributed by atoms with E-state index in [1.807, 2.05) is 7.05 Å². The van der Waals surface area contributed by atoms with Crippen molar-refractivity contribution >= 4 is 5.91 Å². The molecule has 1 aromatic rings. The number of carbonyl (C=O) groups excluding carboxylic acids is 1. The summed E-state index contributed by atoms with van der Waals surface area (Å²) in [5, 5.41) is 9.01. The van der Waals surface area contributed by atoms with Gasteiger partial charge < -0.3 is 14.5 Å². The third kappa shape index (κ3) is 3.99. The third-order valence-corrected chi connectivity index (χ3v) is 4.30. The molecule has 0 unspecified atom stereocenters. The maximum Gasteiger partial charge on any atom is 0.260 e. The number of carbonyl (C=O) groups is 1. The van der Waals surface area contributed by atoms with Crippen LogP contribution in [0.4, 0.5) is 0 Å². The lowest BCUT2D eigenvalue weighted by Crippen LogP contribution is -2.46. The molecular formula is C17H23N3O2. The highest BCUT2D eigenvalue weighted by molar-refractivity contribution is 5.78. The number of amides is 1. The minimum Gasteiger partial charge on any atom is -0.482 e. The Labute approximate surface area is 132 Å². The molecule has 0 N–H and O–H groups in total. The standard InChI is InChI=1S/C17H23N3O2/c1-3-20-10-8-15(9-11-20)19(2)17(21)13-22-16-7-5-4-6-14(16)12-18/h4-7,15H,3,8-11,13H2,1-2H3. The Morgan fingerprint density at radius 1 is 1.41 bits per heavy atom. The second kappa shape index (κ2) is 7.81. The fraction of sp³-hybridized carbons (Fsp3) is 0.529. The second-order valence-electron chi connectivity index (χ2n) is 5.57. The van der Waals surface area contributed by atoms with Gasteiger partial charge in [0.25, 0.3) is 5.91 Å². The summed E-state index contributed by atoms with van der Waals surface area (Å²) in [6.07, 6.45) is 2.01. The molecule has 1 heterocycles. The van der Waals surface area contributed by atoms with Crippen LogP contribution in [0.15, 0.2) is 24.3 Å². The molecule has 1 fully saturated rings. The summed E-state index contributed by atoms with van der Waals surface area (Å²) in [6, 6.07) is 9.32. The lowest BCUT2D eigenvalue weighted by molar-refractivity contribution is -0.135. The minimum absolute atomic E-state index is 0.0246. The zero-order valence-corrected chi connectivity index (χ0v) is 13.3. The van der Waals surface area contributed by atoms with E-state index in [9.17, 15) is 4.79 Å². The highest BCUT2D eigenvalue weighted by Gasteiger charge is 2.24. The van der Waals surface area contributed by atoms with Crippen LogP contribution in [-0.4, -0.2) is 55.0 Å². The fourth-order valence-electron chi connectivity index (χ4n) is 2.75. The number of likely N-dealkylation sites (N-methyl/N-ethyl adjacent to an activating group) is 1. The Kier molecular flexibility index (Phi) is 5.79. The number of likely N-dealkylation sites (tertiary alicyclic amines) is 1. The topological polar surface area (TPSA) is 56.6 Å². The molecule has 1 aliphatic rings. The van der Waals surface area contributed by atoms with Gasteiger partial charge in [0.2, 0.25) is 0 Å². The molecule has 0 aliphatic carbocycles. The molecular weight excluding hydrogens is 278 g/mol. The fourth-order valence-corrected chi connectivity index (χ4v) is 2.75. The monoisotopic (exact) mass is 301 g/mol. The molecule has 0 spiro atoms. The van der Waals surface area contributed by atoms with E-state index in [-0.39, 0.29) is 18.6 Å². The van der Waals surface area contributed by atoms with E-state index in [0.717, 1.165) is 32.5 Å². The zero-order chi connectivity index (χ0) is 15.9. The van der Waals surface area contributed by atoms with Gasteiger partial charge in [-0.2, -0.15) is 5.26 Å². The van der Waals surface area contributed by atoms with E-state index in [0.29, 0.717) is 11.3 Å². The van der Waals surface area contributed by atoms with Gasteiger partial charge in [0, 0.05) is 26.2 Å². The van der Waals surface area contributed by atoms with Gasteiger partial charge in [0.1, 0.15) is 11.8 Å². The third-order valence-electron chi connectivity index (χ3n) is 4.30. The maximum absolute atomic E-state index is 12.3. The Morgan fingerprint density at radius 3 is 2.73 bits per heavy atom. The molecule has 0 bridgehead atoms. The second-order valence-corrected chi connectivity index (χ2v) is 5.57. The summed E-state index contributed by atoms with van der Waals surface area (Å²) in [7, 11) is 1.84. The summed E-state index contributed by atoms with van der Waals surface area (Å²) in [5.41, 5.74) is 0.453. The van der Waals surface area contributed by atoms with Gasteiger partial charge in [-0.05, 0) is 31.5 Å². The number of hydrogen-bond donors (Lipinski definition) is 0. The number of benzene rings is 1. The summed E-state index contributed by atoms with van der Waals surface area (Å²) in [5.74, 6) is 0.426. The van der Waals surface area contributed by atoms with E-state index in [2.05, 4.69) is 17.9 Å². The lowest BCUT2D eigenvalue weighted by Gasteiger charge is -2.36. The van der Waals surface area contributed by atoms with Crippen molar-refractivity contribution in [2.45, 2.75) is 25.8 Å². The highest BCUT2D eigenvalue weighted by atomic mass is 16.5. The predicted molar refractivity (Wildman–Crippen MR) is 84.6 cm³/mol. The average molecular weight is 301 g/mol. The number of para-hydroxylation sites is 1. The van der Waals surface area contributed by atoms with Crippen LogP contribution in [0.2, 0.25) is 0 Å². The molecule has 5 heteroatoms. The van der Waals surface area contributed by atoms with Crippen LogP contribution in [0, 0.1) is 11.3 Å². The zero-order valence-electron chi connectivity index (χ0n) is 13.3. The SMILES string of the molecule is CCN1CCC(N(C)C(=O)COc2ccccc2C#N)CC1. The van der Waals surface area contributed by atoms with Crippen LogP contribution in [0.25, 0.3) is 0 Å². The lowest BCUT2D eigenvalue weighted by atomic mass is 10.0. The van der Waals surface area contributed by atoms with Gasteiger partial charge in [0.15, 0.2) is 6.61 Å². The number of hydrogen-bond acceptors (Lipinski definition) is 4. The predicted octanol–water partition coefficient (Wildman–Crippen LogP) is 1.88. The molecule has 1 aromatic carbocycles. The van der Waals surface area contributed by atoms with Gasteiger partial charge in [0.05, 0.1) is 5.56 Å². The van der Waals surface area contributed by atoms with Gasteiger partial charge in [-0.15, -0.1) is 0 Å². The van der Waals surface area contributed by atoms with Crippen molar-refractivity contribution in [2.24, 2.45) is 0 Å². The normalized spacial score (nSPS) is 16.0. The van der Waals surface area contributed by atoms with Crippen LogP contribution in [0.5, 0.6) is 5.75 Å². The number of rotatable bonds is 5. The first-order valence-electron chi connectivity index (χ1n) is 7.75. The molecule has 0 atom stereocenters. The highest BCUT2D eigenvalue weighted by Crippen LogP contribution is 2.18. The summed E-state index contributed by atoms with van der Waals surface area (Å²) >= 11 is 0. The number of nitriles is 1. The van der Waals surface area contributed by atoms with E-state index in [1.54, 1.807) is 29.2 Å². The van der Waals surface area contributed by atoms with Crippen LogP contribution >= 0.6 is 0 Å². The first-order valence-corrected chi connectivity index (χ1v) is 7.75. The summed E-state index contributed by atoms with van der Waals surface area (Å²) < 4.78 is 5.52.